The smallest absolute Gasteiger partial charge is 0.354 e. The van der Waals surface area contributed by atoms with Gasteiger partial charge in [-0.2, -0.15) is 0 Å². The summed E-state index contributed by atoms with van der Waals surface area (Å²) in [5.41, 5.74) is 1.79. The maximum absolute atomic E-state index is 11.8. The molecule has 0 atom stereocenters. The van der Waals surface area contributed by atoms with Crippen molar-refractivity contribution in [3.63, 3.8) is 0 Å². The molecule has 1 N–H and O–H groups in total. The third-order valence-electron chi connectivity index (χ3n) is 3.05. The zero-order valence-corrected chi connectivity index (χ0v) is 16.4. The number of halogens is 2. The van der Waals surface area contributed by atoms with Crippen LogP contribution in [0.4, 0.5) is 5.69 Å². The Morgan fingerprint density at radius 3 is 2.26 bits per heavy atom. The maximum Gasteiger partial charge on any atom is 0.354 e. The molecule has 5 nitrogen and oxygen atoms in total. The van der Waals surface area contributed by atoms with E-state index in [-0.39, 0.29) is 5.70 Å². The van der Waals surface area contributed by atoms with Crippen molar-refractivity contribution in [2.24, 2.45) is 0 Å². The Bertz CT molecular complexity index is 591. The van der Waals surface area contributed by atoms with Crippen LogP contribution in [0.5, 0.6) is 0 Å². The summed E-state index contributed by atoms with van der Waals surface area (Å²) in [7, 11) is 2.48. The predicted molar refractivity (Wildman–Crippen MR) is 96.2 cm³/mol. The van der Waals surface area contributed by atoms with E-state index in [0.717, 1.165) is 34.3 Å². The summed E-state index contributed by atoms with van der Waals surface area (Å²) in [5, 5.41) is 2.91. The molecule has 0 radical (unpaired) electrons. The Labute approximate surface area is 152 Å². The average molecular weight is 449 g/mol. The first-order chi connectivity index (χ1) is 10.9. The maximum atomic E-state index is 11.8. The molecule has 0 saturated carbocycles. The number of esters is 2. The number of methoxy groups -OCH3 is 2. The normalized spacial score (nSPS) is 11.1. The van der Waals surface area contributed by atoms with Crippen molar-refractivity contribution in [1.29, 1.82) is 0 Å². The lowest BCUT2D eigenvalue weighted by Crippen LogP contribution is -2.16. The molecule has 0 aliphatic carbocycles. The van der Waals surface area contributed by atoms with Crippen LogP contribution in [0, 0.1) is 0 Å². The molecule has 1 aromatic carbocycles. The molecular weight excluding hydrogens is 430 g/mol. The van der Waals surface area contributed by atoms with E-state index in [2.05, 4.69) is 53.6 Å². The van der Waals surface area contributed by atoms with Crippen molar-refractivity contribution in [3.05, 3.63) is 38.4 Å². The van der Waals surface area contributed by atoms with E-state index in [0.29, 0.717) is 5.69 Å². The second-order valence-corrected chi connectivity index (χ2v) is 6.44. The fraction of sp³-hybridized carbons (Fsp3) is 0.375. The van der Waals surface area contributed by atoms with Gasteiger partial charge in [-0.1, -0.05) is 13.3 Å². The van der Waals surface area contributed by atoms with Gasteiger partial charge in [-0.25, -0.2) is 9.59 Å². The Morgan fingerprint density at radius 2 is 1.78 bits per heavy atom. The van der Waals surface area contributed by atoms with Gasteiger partial charge in [-0.05, 0) is 62.4 Å². The second kappa shape index (κ2) is 9.72. The lowest BCUT2D eigenvalue weighted by molar-refractivity contribution is -0.138. The van der Waals surface area contributed by atoms with Gasteiger partial charge in [0.15, 0.2) is 0 Å². The minimum Gasteiger partial charge on any atom is -0.466 e. The number of anilines is 1. The van der Waals surface area contributed by atoms with Crippen molar-refractivity contribution in [2.75, 3.05) is 19.5 Å². The van der Waals surface area contributed by atoms with Gasteiger partial charge in [-0.15, -0.1) is 0 Å². The highest BCUT2D eigenvalue weighted by molar-refractivity contribution is 9.11. The number of carbonyl (C=O) groups is 2. The SMILES string of the molecule is CCCCc1cc(Br)c(N/C(=C/C(=O)OC)C(=O)OC)c(Br)c1. The number of hydrogen-bond acceptors (Lipinski definition) is 5. The first kappa shape index (κ1) is 19.7. The molecule has 1 rings (SSSR count). The lowest BCUT2D eigenvalue weighted by atomic mass is 10.1. The Balaban J connectivity index is 3.11. The van der Waals surface area contributed by atoms with Crippen molar-refractivity contribution < 1.29 is 19.1 Å². The fourth-order valence-electron chi connectivity index (χ4n) is 1.84. The van der Waals surface area contributed by atoms with Crippen LogP contribution in [0.15, 0.2) is 32.9 Å². The van der Waals surface area contributed by atoms with E-state index in [9.17, 15) is 9.59 Å². The van der Waals surface area contributed by atoms with E-state index in [4.69, 9.17) is 0 Å². The minimum atomic E-state index is -0.663. The zero-order valence-electron chi connectivity index (χ0n) is 13.2. The molecule has 0 saturated heterocycles. The summed E-state index contributed by atoms with van der Waals surface area (Å²) in [6.07, 6.45) is 4.23. The largest absolute Gasteiger partial charge is 0.466 e. The van der Waals surface area contributed by atoms with Gasteiger partial charge in [0.05, 0.1) is 26.0 Å². The molecule has 0 heterocycles. The number of hydrogen-bond donors (Lipinski definition) is 1. The van der Waals surface area contributed by atoms with Gasteiger partial charge in [0.2, 0.25) is 0 Å². The summed E-state index contributed by atoms with van der Waals surface area (Å²) in [5.74, 6) is -1.31. The van der Waals surface area contributed by atoms with Crippen LogP contribution in [0.1, 0.15) is 25.3 Å². The molecule has 0 spiro atoms. The highest BCUT2D eigenvalue weighted by Crippen LogP contribution is 2.34. The third kappa shape index (κ3) is 5.99. The molecule has 1 aromatic rings. The number of benzene rings is 1. The first-order valence-corrected chi connectivity index (χ1v) is 8.64. The molecule has 0 aliphatic heterocycles. The van der Waals surface area contributed by atoms with Crippen LogP contribution in [0.25, 0.3) is 0 Å². The van der Waals surface area contributed by atoms with E-state index >= 15 is 0 Å². The Kier molecular flexibility index (Phi) is 8.33. The number of nitrogens with one attached hydrogen (secondary N) is 1. The number of unbranched alkanes of at least 4 members (excludes halogenated alkanes) is 1. The van der Waals surface area contributed by atoms with Crippen molar-refractivity contribution in [3.8, 4) is 0 Å². The molecule has 0 amide bonds. The lowest BCUT2D eigenvalue weighted by Gasteiger charge is -2.14. The second-order valence-electron chi connectivity index (χ2n) is 4.74. The molecule has 0 bridgehead atoms. The highest BCUT2D eigenvalue weighted by Gasteiger charge is 2.16. The van der Waals surface area contributed by atoms with Gasteiger partial charge in [0, 0.05) is 8.95 Å². The van der Waals surface area contributed by atoms with E-state index in [1.54, 1.807) is 0 Å². The number of carbonyl (C=O) groups excluding carboxylic acids is 2. The highest BCUT2D eigenvalue weighted by atomic mass is 79.9. The van der Waals surface area contributed by atoms with Crippen molar-refractivity contribution in [2.45, 2.75) is 26.2 Å². The third-order valence-corrected chi connectivity index (χ3v) is 4.30. The van der Waals surface area contributed by atoms with E-state index < -0.39 is 11.9 Å². The summed E-state index contributed by atoms with van der Waals surface area (Å²) in [4.78, 5) is 23.2. The minimum absolute atomic E-state index is 0.0120. The Hall–Kier alpha value is -1.34. The van der Waals surface area contributed by atoms with Crippen LogP contribution in [-0.4, -0.2) is 26.2 Å². The summed E-state index contributed by atoms with van der Waals surface area (Å²) >= 11 is 6.97. The molecular formula is C16H19Br2NO4. The van der Waals surface area contributed by atoms with Crippen LogP contribution in [0.2, 0.25) is 0 Å². The summed E-state index contributed by atoms with van der Waals surface area (Å²) in [6.45, 7) is 2.14. The number of aryl methyl sites for hydroxylation is 1. The average Bonchev–Trinajstić information content (AvgIpc) is 2.53. The topological polar surface area (TPSA) is 64.6 Å². The van der Waals surface area contributed by atoms with Gasteiger partial charge in [0.1, 0.15) is 5.70 Å². The first-order valence-electron chi connectivity index (χ1n) is 7.05. The molecule has 7 heteroatoms. The van der Waals surface area contributed by atoms with Crippen LogP contribution in [-0.2, 0) is 25.5 Å². The zero-order chi connectivity index (χ0) is 17.4. The number of rotatable bonds is 7. The molecule has 0 aliphatic rings. The van der Waals surface area contributed by atoms with Gasteiger partial charge in [0.25, 0.3) is 0 Å². The van der Waals surface area contributed by atoms with E-state index in [1.807, 2.05) is 12.1 Å². The van der Waals surface area contributed by atoms with Crippen molar-refractivity contribution >= 4 is 49.5 Å². The van der Waals surface area contributed by atoms with Gasteiger partial charge in [-0.3, -0.25) is 0 Å². The fourth-order valence-corrected chi connectivity index (χ4v) is 3.32. The van der Waals surface area contributed by atoms with Crippen LogP contribution in [0.3, 0.4) is 0 Å². The standard InChI is InChI=1S/C16H19Br2NO4/c1-4-5-6-10-7-11(17)15(12(18)8-10)19-13(16(21)23-3)9-14(20)22-2/h7-9,19H,4-6H2,1-3H3/b13-9+. The predicted octanol–water partition coefficient (Wildman–Crippen LogP) is 4.20. The summed E-state index contributed by atoms with van der Waals surface area (Å²) in [6, 6.07) is 3.96. The van der Waals surface area contributed by atoms with Crippen LogP contribution < -0.4 is 5.32 Å². The quantitative estimate of drug-likeness (QED) is 0.500. The van der Waals surface area contributed by atoms with Gasteiger partial charge < -0.3 is 14.8 Å². The Morgan fingerprint density at radius 1 is 1.17 bits per heavy atom. The monoisotopic (exact) mass is 447 g/mol. The van der Waals surface area contributed by atoms with Crippen molar-refractivity contribution in [1.82, 2.24) is 0 Å². The molecule has 23 heavy (non-hydrogen) atoms. The number of ether oxygens (including phenoxy) is 2. The molecule has 126 valence electrons. The molecule has 0 aromatic heterocycles. The van der Waals surface area contributed by atoms with Crippen LogP contribution >= 0.6 is 31.9 Å². The van der Waals surface area contributed by atoms with Gasteiger partial charge >= 0.3 is 11.9 Å². The molecule has 0 unspecified atom stereocenters. The molecule has 0 fully saturated rings. The summed E-state index contributed by atoms with van der Waals surface area (Å²) < 4.78 is 10.8. The van der Waals surface area contributed by atoms with E-state index in [1.165, 1.54) is 19.8 Å².